The van der Waals surface area contributed by atoms with Crippen LogP contribution in [0.25, 0.3) is 0 Å². The zero-order chi connectivity index (χ0) is 15.4. The number of anilines is 2. The third kappa shape index (κ3) is 4.09. The second-order valence-electron chi connectivity index (χ2n) is 4.58. The first-order chi connectivity index (χ1) is 9.95. The van der Waals surface area contributed by atoms with E-state index in [1.165, 1.54) is 0 Å². The minimum Gasteiger partial charge on any atom is -0.424 e. The minimum absolute atomic E-state index is 0.157. The quantitative estimate of drug-likeness (QED) is 0.906. The lowest BCUT2D eigenvalue weighted by Crippen LogP contribution is -2.29. The molecule has 8 heteroatoms. The average Bonchev–Trinajstić information content (AvgIpc) is 2.82. The second kappa shape index (κ2) is 6.45. The maximum Gasteiger partial charge on any atom is 0.319 e. The highest BCUT2D eigenvalue weighted by atomic mass is 35.5. The summed E-state index contributed by atoms with van der Waals surface area (Å²) in [6, 6.07) is 4.91. The minimum atomic E-state index is -0.379. The van der Waals surface area contributed by atoms with Gasteiger partial charge in [-0.3, -0.25) is 0 Å². The topological polar surface area (TPSA) is 83.3 Å². The van der Waals surface area contributed by atoms with Gasteiger partial charge in [-0.15, -0.1) is 10.2 Å². The number of rotatable bonds is 4. The summed E-state index contributed by atoms with van der Waals surface area (Å²) in [6.07, 6.45) is 0. The monoisotopic (exact) mass is 309 g/mol. The predicted molar refractivity (Wildman–Crippen MR) is 80.7 cm³/mol. The van der Waals surface area contributed by atoms with Crippen LogP contribution in [0.4, 0.5) is 16.2 Å². The number of hydrogen-bond donors (Lipinski definition) is 2. The molecule has 0 spiro atoms. The van der Waals surface area contributed by atoms with Gasteiger partial charge in [-0.1, -0.05) is 11.6 Å². The average molecular weight is 310 g/mol. The van der Waals surface area contributed by atoms with Gasteiger partial charge in [0.05, 0.1) is 17.9 Å². The van der Waals surface area contributed by atoms with E-state index in [9.17, 15) is 4.79 Å². The number of nitrogens with one attached hydrogen (secondary N) is 2. The van der Waals surface area contributed by atoms with Crippen LogP contribution in [0.5, 0.6) is 0 Å². The number of halogens is 1. The zero-order valence-electron chi connectivity index (χ0n) is 12.0. The molecule has 0 aliphatic carbocycles. The summed E-state index contributed by atoms with van der Waals surface area (Å²) >= 11 is 5.96. The summed E-state index contributed by atoms with van der Waals surface area (Å²) in [6.45, 7) is 1.84. The molecule has 2 rings (SSSR count). The number of aryl methyl sites for hydroxylation is 1. The van der Waals surface area contributed by atoms with Gasteiger partial charge in [0, 0.05) is 26.0 Å². The fraction of sp³-hybridized carbons (Fsp3) is 0.308. The lowest BCUT2D eigenvalue weighted by molar-refractivity contribution is 0.250. The summed E-state index contributed by atoms with van der Waals surface area (Å²) in [5, 5.41) is 13.4. The molecule has 0 radical (unpaired) electrons. The Hall–Kier alpha value is -2.28. The van der Waals surface area contributed by atoms with Gasteiger partial charge in [0.15, 0.2) is 0 Å². The Labute approximate surface area is 127 Å². The molecule has 0 fully saturated rings. The number of hydrogen-bond acceptors (Lipinski definition) is 5. The van der Waals surface area contributed by atoms with Crippen LogP contribution in [-0.2, 0) is 6.54 Å². The standard InChI is InChI=1S/C13H16ClN5O2/c1-8-17-18-12(21-8)7-15-13(20)16-10-6-9(14)4-5-11(10)19(2)3/h4-6H,7H2,1-3H3,(H2,15,16,20). The lowest BCUT2D eigenvalue weighted by Gasteiger charge is -2.18. The molecule has 0 aliphatic rings. The zero-order valence-corrected chi connectivity index (χ0v) is 12.7. The summed E-state index contributed by atoms with van der Waals surface area (Å²) in [5.74, 6) is 0.804. The number of benzene rings is 1. The predicted octanol–water partition coefficient (Wildman–Crippen LogP) is 2.42. The van der Waals surface area contributed by atoms with Crippen molar-refractivity contribution >= 4 is 29.0 Å². The number of carbonyl (C=O) groups is 1. The van der Waals surface area contributed by atoms with E-state index in [1.54, 1.807) is 19.1 Å². The van der Waals surface area contributed by atoms with Crippen LogP contribution < -0.4 is 15.5 Å². The van der Waals surface area contributed by atoms with Gasteiger partial charge in [-0.25, -0.2) is 4.79 Å². The molecular weight excluding hydrogens is 294 g/mol. The first kappa shape index (κ1) is 15.1. The molecular formula is C13H16ClN5O2. The van der Waals surface area contributed by atoms with E-state index in [0.29, 0.717) is 22.5 Å². The molecule has 0 saturated heterocycles. The molecule has 0 bridgehead atoms. The van der Waals surface area contributed by atoms with Crippen LogP contribution in [-0.4, -0.2) is 30.3 Å². The molecule has 1 aromatic carbocycles. The molecule has 2 aromatic rings. The van der Waals surface area contributed by atoms with Crippen LogP contribution in [0.2, 0.25) is 5.02 Å². The molecule has 7 nitrogen and oxygen atoms in total. The van der Waals surface area contributed by atoms with Crippen molar-refractivity contribution in [3.05, 3.63) is 35.0 Å². The third-order valence-electron chi connectivity index (χ3n) is 2.66. The lowest BCUT2D eigenvalue weighted by atomic mass is 10.2. The highest BCUT2D eigenvalue weighted by Gasteiger charge is 2.10. The van der Waals surface area contributed by atoms with Gasteiger partial charge >= 0.3 is 6.03 Å². The fourth-order valence-corrected chi connectivity index (χ4v) is 1.90. The number of nitrogens with zero attached hydrogens (tertiary/aromatic N) is 3. The van der Waals surface area contributed by atoms with Crippen molar-refractivity contribution < 1.29 is 9.21 Å². The molecule has 0 unspecified atom stereocenters. The SMILES string of the molecule is Cc1nnc(CNC(=O)Nc2cc(Cl)ccc2N(C)C)o1. The molecule has 21 heavy (non-hydrogen) atoms. The Bertz CT molecular complexity index is 641. The number of aromatic nitrogens is 2. The van der Waals surface area contributed by atoms with Gasteiger partial charge < -0.3 is 20.0 Å². The van der Waals surface area contributed by atoms with Gasteiger partial charge in [0.1, 0.15) is 0 Å². The third-order valence-corrected chi connectivity index (χ3v) is 2.89. The molecule has 2 N–H and O–H groups in total. The van der Waals surface area contributed by atoms with E-state index in [2.05, 4.69) is 20.8 Å². The number of urea groups is 1. The van der Waals surface area contributed by atoms with Crippen LogP contribution >= 0.6 is 11.6 Å². The van der Waals surface area contributed by atoms with Crippen molar-refractivity contribution in [2.75, 3.05) is 24.3 Å². The summed E-state index contributed by atoms with van der Waals surface area (Å²) in [4.78, 5) is 13.8. The first-order valence-electron chi connectivity index (χ1n) is 6.26. The molecule has 0 aliphatic heterocycles. The summed E-state index contributed by atoms with van der Waals surface area (Å²) in [5.41, 5.74) is 1.47. The van der Waals surface area contributed by atoms with Gasteiger partial charge in [0.2, 0.25) is 11.8 Å². The molecule has 2 amide bonds. The maximum atomic E-state index is 11.9. The van der Waals surface area contributed by atoms with E-state index in [1.807, 2.05) is 25.1 Å². The van der Waals surface area contributed by atoms with Gasteiger partial charge in [-0.2, -0.15) is 0 Å². The van der Waals surface area contributed by atoms with Crippen molar-refractivity contribution in [2.45, 2.75) is 13.5 Å². The number of carbonyl (C=O) groups excluding carboxylic acids is 1. The van der Waals surface area contributed by atoms with Crippen molar-refractivity contribution in [3.63, 3.8) is 0 Å². The van der Waals surface area contributed by atoms with Crippen molar-refractivity contribution in [3.8, 4) is 0 Å². The highest BCUT2D eigenvalue weighted by molar-refractivity contribution is 6.31. The van der Waals surface area contributed by atoms with Gasteiger partial charge in [-0.05, 0) is 18.2 Å². The summed E-state index contributed by atoms with van der Waals surface area (Å²) in [7, 11) is 3.76. The fourth-order valence-electron chi connectivity index (χ4n) is 1.73. The van der Waals surface area contributed by atoms with Crippen LogP contribution in [0.3, 0.4) is 0 Å². The number of amides is 2. The Morgan fingerprint density at radius 3 is 2.76 bits per heavy atom. The smallest absolute Gasteiger partial charge is 0.319 e. The van der Waals surface area contributed by atoms with Crippen molar-refractivity contribution in [2.24, 2.45) is 0 Å². The molecule has 112 valence electrons. The van der Waals surface area contributed by atoms with Gasteiger partial charge in [0.25, 0.3) is 0 Å². The van der Waals surface area contributed by atoms with E-state index in [4.69, 9.17) is 16.0 Å². The molecule has 0 saturated carbocycles. The first-order valence-corrected chi connectivity index (χ1v) is 6.64. The van der Waals surface area contributed by atoms with E-state index < -0.39 is 0 Å². The Kier molecular flexibility index (Phi) is 4.64. The van der Waals surface area contributed by atoms with Crippen molar-refractivity contribution in [1.82, 2.24) is 15.5 Å². The van der Waals surface area contributed by atoms with E-state index in [0.717, 1.165) is 5.69 Å². The second-order valence-corrected chi connectivity index (χ2v) is 5.01. The Morgan fingerprint density at radius 2 is 2.14 bits per heavy atom. The Balaban J connectivity index is 2.00. The van der Waals surface area contributed by atoms with E-state index >= 15 is 0 Å². The largest absolute Gasteiger partial charge is 0.424 e. The Morgan fingerprint density at radius 1 is 1.38 bits per heavy atom. The normalized spacial score (nSPS) is 10.3. The van der Waals surface area contributed by atoms with Crippen molar-refractivity contribution in [1.29, 1.82) is 0 Å². The molecule has 0 atom stereocenters. The highest BCUT2D eigenvalue weighted by Crippen LogP contribution is 2.27. The maximum absolute atomic E-state index is 11.9. The molecule has 1 heterocycles. The van der Waals surface area contributed by atoms with Crippen LogP contribution in [0.1, 0.15) is 11.8 Å². The van der Waals surface area contributed by atoms with E-state index in [-0.39, 0.29) is 12.6 Å². The van der Waals surface area contributed by atoms with Crippen LogP contribution in [0.15, 0.2) is 22.6 Å². The summed E-state index contributed by atoms with van der Waals surface area (Å²) < 4.78 is 5.17. The molecule has 1 aromatic heterocycles. The van der Waals surface area contributed by atoms with Crippen LogP contribution in [0, 0.1) is 6.92 Å².